The van der Waals surface area contributed by atoms with Gasteiger partial charge in [-0.15, -0.1) is 0 Å². The van der Waals surface area contributed by atoms with E-state index in [4.69, 9.17) is 14.6 Å². The van der Waals surface area contributed by atoms with Crippen LogP contribution in [-0.2, 0) is 35.8 Å². The van der Waals surface area contributed by atoms with E-state index >= 15 is 0 Å². The molecule has 0 fully saturated rings. The monoisotopic (exact) mass is 534 g/mol. The van der Waals surface area contributed by atoms with Crippen LogP contribution in [0.25, 0.3) is 0 Å². The Hall–Kier alpha value is -2.45. The number of ether oxygens (including phenoxy) is 2. The van der Waals surface area contributed by atoms with E-state index in [9.17, 15) is 14.4 Å². The Morgan fingerprint density at radius 2 is 1.58 bits per heavy atom. The van der Waals surface area contributed by atoms with Gasteiger partial charge in [0.25, 0.3) is 0 Å². The highest BCUT2D eigenvalue weighted by Crippen LogP contribution is 2.28. The first-order valence-electron chi connectivity index (χ1n) is 13.8. The van der Waals surface area contributed by atoms with Crippen molar-refractivity contribution in [3.05, 3.63) is 35.4 Å². The van der Waals surface area contributed by atoms with Crippen LogP contribution in [-0.4, -0.2) is 67.3 Å². The van der Waals surface area contributed by atoms with Crippen molar-refractivity contribution in [1.82, 2.24) is 10.2 Å². The normalized spacial score (nSPS) is 13.4. The van der Waals surface area contributed by atoms with Gasteiger partial charge in [0.1, 0.15) is 0 Å². The van der Waals surface area contributed by atoms with Crippen LogP contribution >= 0.6 is 0 Å². The number of aliphatic carboxylic acids is 1. The second-order valence-corrected chi connectivity index (χ2v) is 11.5. The first-order valence-corrected chi connectivity index (χ1v) is 13.8. The summed E-state index contributed by atoms with van der Waals surface area (Å²) in [7, 11) is 0. The number of hydrogen-bond donors (Lipinski definition) is 2. The van der Waals surface area contributed by atoms with E-state index in [1.807, 2.05) is 38.1 Å². The fraction of sp³-hybridized carbons (Fsp3) is 0.700. The number of rotatable bonds is 18. The second kappa shape index (κ2) is 15.8. The number of carboxylic acids is 1. The lowest BCUT2D eigenvalue weighted by molar-refractivity contribution is -0.139. The zero-order chi connectivity index (χ0) is 28.9. The largest absolute Gasteiger partial charge is 0.481 e. The van der Waals surface area contributed by atoms with Gasteiger partial charge in [-0.05, 0) is 35.8 Å². The van der Waals surface area contributed by atoms with Gasteiger partial charge in [-0.25, -0.2) is 0 Å². The number of nitrogens with zero attached hydrogens (tertiary/aromatic N) is 1. The molecule has 216 valence electrons. The number of carbonyl (C=O) groups excluding carboxylic acids is 2. The zero-order valence-corrected chi connectivity index (χ0v) is 24.8. The topological polar surface area (TPSA) is 105 Å². The van der Waals surface area contributed by atoms with Gasteiger partial charge in [-0.1, -0.05) is 72.7 Å². The maximum absolute atomic E-state index is 13.1. The van der Waals surface area contributed by atoms with Crippen LogP contribution in [0.4, 0.5) is 0 Å². The molecule has 2 N–H and O–H groups in total. The predicted octanol–water partition coefficient (Wildman–Crippen LogP) is 4.65. The maximum Gasteiger partial charge on any atom is 0.305 e. The lowest BCUT2D eigenvalue weighted by atomic mass is 9.79. The third-order valence-corrected chi connectivity index (χ3v) is 7.51. The second-order valence-electron chi connectivity index (χ2n) is 11.5. The van der Waals surface area contributed by atoms with E-state index in [1.165, 1.54) is 0 Å². The number of nitrogens with one attached hydrogen (secondary N) is 1. The predicted molar refractivity (Wildman–Crippen MR) is 150 cm³/mol. The summed E-state index contributed by atoms with van der Waals surface area (Å²) in [6, 6.07) is 7.64. The number of benzene rings is 1. The minimum absolute atomic E-state index is 0.0654. The van der Waals surface area contributed by atoms with Gasteiger partial charge >= 0.3 is 5.97 Å². The van der Waals surface area contributed by atoms with Crippen molar-refractivity contribution in [3.63, 3.8) is 0 Å². The van der Waals surface area contributed by atoms with Gasteiger partial charge in [-0.3, -0.25) is 14.4 Å². The molecule has 1 aromatic carbocycles. The molecular formula is C30H50N2O6. The Morgan fingerprint density at radius 3 is 2.11 bits per heavy atom. The molecule has 2 amide bonds. The van der Waals surface area contributed by atoms with E-state index in [1.54, 1.807) is 18.7 Å². The van der Waals surface area contributed by atoms with Crippen molar-refractivity contribution in [3.8, 4) is 0 Å². The summed E-state index contributed by atoms with van der Waals surface area (Å²) < 4.78 is 11.4. The summed E-state index contributed by atoms with van der Waals surface area (Å²) in [6.45, 7) is 19.3. The molecule has 0 bridgehead atoms. The molecule has 1 aromatic rings. The third kappa shape index (κ3) is 10.7. The first-order chi connectivity index (χ1) is 17.7. The Kier molecular flexibility index (Phi) is 14.0. The number of hydrogen-bond acceptors (Lipinski definition) is 5. The van der Waals surface area contributed by atoms with E-state index < -0.39 is 11.4 Å². The van der Waals surface area contributed by atoms with Crippen LogP contribution in [0.5, 0.6) is 0 Å². The van der Waals surface area contributed by atoms with Crippen LogP contribution in [0.3, 0.4) is 0 Å². The molecule has 8 heteroatoms. The van der Waals surface area contributed by atoms with Crippen LogP contribution in [0.1, 0.15) is 79.4 Å². The van der Waals surface area contributed by atoms with Crippen LogP contribution in [0.2, 0.25) is 0 Å². The molecule has 0 aliphatic carbocycles. The SMILES string of the molecule is CCC(C)(C(=O)NCCOCCOCC(C)(C)C(C)C)c1ccc(CN(CCC(=O)O)C(=O)C(C)C)cc1. The van der Waals surface area contributed by atoms with Gasteiger partial charge in [-0.2, -0.15) is 0 Å². The summed E-state index contributed by atoms with van der Waals surface area (Å²) in [5, 5.41) is 12.0. The Morgan fingerprint density at radius 1 is 0.974 bits per heavy atom. The minimum atomic E-state index is -0.934. The Balaban J connectivity index is 2.61. The van der Waals surface area contributed by atoms with Crippen molar-refractivity contribution >= 4 is 17.8 Å². The van der Waals surface area contributed by atoms with Crippen molar-refractivity contribution in [2.45, 2.75) is 80.2 Å². The maximum atomic E-state index is 13.1. The van der Waals surface area contributed by atoms with Crippen LogP contribution < -0.4 is 5.32 Å². The highest BCUT2D eigenvalue weighted by atomic mass is 16.5. The first kappa shape index (κ1) is 33.6. The van der Waals surface area contributed by atoms with Gasteiger partial charge in [0.2, 0.25) is 11.8 Å². The molecule has 0 aromatic heterocycles. The summed E-state index contributed by atoms with van der Waals surface area (Å²) in [6.07, 6.45) is 0.521. The number of carbonyl (C=O) groups is 3. The summed E-state index contributed by atoms with van der Waals surface area (Å²) in [4.78, 5) is 38.2. The van der Waals surface area contributed by atoms with E-state index in [2.05, 4.69) is 33.0 Å². The fourth-order valence-corrected chi connectivity index (χ4v) is 3.71. The van der Waals surface area contributed by atoms with Crippen molar-refractivity contribution < 1.29 is 29.0 Å². The Bertz CT molecular complexity index is 881. The lowest BCUT2D eigenvalue weighted by Crippen LogP contribution is -2.43. The molecule has 0 heterocycles. The molecule has 8 nitrogen and oxygen atoms in total. The lowest BCUT2D eigenvalue weighted by Gasteiger charge is -2.29. The van der Waals surface area contributed by atoms with Gasteiger partial charge in [0.15, 0.2) is 0 Å². The summed E-state index contributed by atoms with van der Waals surface area (Å²) in [5.41, 5.74) is 1.19. The molecular weight excluding hydrogens is 484 g/mol. The van der Waals surface area contributed by atoms with Gasteiger partial charge in [0, 0.05) is 25.6 Å². The average molecular weight is 535 g/mol. The van der Waals surface area contributed by atoms with Crippen molar-refractivity contribution in [2.75, 3.05) is 39.5 Å². The van der Waals surface area contributed by atoms with Gasteiger partial charge in [0.05, 0.1) is 38.3 Å². The molecule has 1 unspecified atom stereocenters. The van der Waals surface area contributed by atoms with Crippen LogP contribution in [0, 0.1) is 17.3 Å². The highest BCUT2D eigenvalue weighted by Gasteiger charge is 2.33. The molecule has 38 heavy (non-hydrogen) atoms. The number of carboxylic acid groups (broad SMARTS) is 1. The minimum Gasteiger partial charge on any atom is -0.481 e. The third-order valence-electron chi connectivity index (χ3n) is 7.51. The van der Waals surface area contributed by atoms with E-state index in [-0.39, 0.29) is 36.1 Å². The molecule has 0 spiro atoms. The van der Waals surface area contributed by atoms with E-state index in [0.717, 1.165) is 11.1 Å². The molecule has 0 saturated carbocycles. The van der Waals surface area contributed by atoms with Crippen LogP contribution in [0.15, 0.2) is 24.3 Å². The fourth-order valence-electron chi connectivity index (χ4n) is 3.71. The summed E-state index contributed by atoms with van der Waals surface area (Å²) in [5.74, 6) is -0.763. The molecule has 0 saturated heterocycles. The number of amides is 2. The Labute approximate surface area is 229 Å². The molecule has 0 radical (unpaired) electrons. The van der Waals surface area contributed by atoms with Gasteiger partial charge < -0.3 is 24.8 Å². The average Bonchev–Trinajstić information content (AvgIpc) is 2.86. The summed E-state index contributed by atoms with van der Waals surface area (Å²) >= 11 is 0. The standard InChI is InChI=1S/C30H50N2O6/c1-9-30(8,28(36)31-15-17-37-18-19-38-21-29(6,7)23(4)5)25-12-10-24(11-13-25)20-32(16-14-26(33)34)27(35)22(2)3/h10-13,22-23H,9,14-21H2,1-8H3,(H,31,36)(H,33,34). The molecule has 0 aliphatic rings. The molecule has 0 aliphatic heterocycles. The molecule has 1 atom stereocenters. The van der Waals surface area contributed by atoms with E-state index in [0.29, 0.717) is 51.9 Å². The zero-order valence-electron chi connectivity index (χ0n) is 24.8. The quantitative estimate of drug-likeness (QED) is 0.266. The highest BCUT2D eigenvalue weighted by molar-refractivity contribution is 5.87. The van der Waals surface area contributed by atoms with Crippen molar-refractivity contribution in [1.29, 1.82) is 0 Å². The molecule has 1 rings (SSSR count). The smallest absolute Gasteiger partial charge is 0.305 e. The van der Waals surface area contributed by atoms with Crippen molar-refractivity contribution in [2.24, 2.45) is 17.3 Å².